The van der Waals surface area contributed by atoms with Gasteiger partial charge in [0.2, 0.25) is 5.91 Å². The third-order valence-corrected chi connectivity index (χ3v) is 12.9. The van der Waals surface area contributed by atoms with Crippen LogP contribution >= 0.6 is 0 Å². The summed E-state index contributed by atoms with van der Waals surface area (Å²) >= 11 is 0. The summed E-state index contributed by atoms with van der Waals surface area (Å²) < 4.78 is 30.2. The molecule has 3 fully saturated rings. The Labute approximate surface area is 329 Å². The fourth-order valence-corrected chi connectivity index (χ4v) is 9.52. The molecule has 2 bridgehead atoms. The molecule has 0 aromatic rings. The number of ketones is 1. The van der Waals surface area contributed by atoms with Crippen molar-refractivity contribution in [3.63, 3.8) is 0 Å². The Morgan fingerprint density at radius 1 is 0.945 bits per heavy atom. The van der Waals surface area contributed by atoms with Crippen LogP contribution < -0.4 is 0 Å². The molecule has 3 N–H and O–H groups in total. The van der Waals surface area contributed by atoms with Gasteiger partial charge >= 0.3 is 5.97 Å². The van der Waals surface area contributed by atoms with Gasteiger partial charge in [-0.1, -0.05) is 51.8 Å². The summed E-state index contributed by atoms with van der Waals surface area (Å²) in [5.41, 5.74) is 1.79. The average molecular weight is 778 g/mol. The van der Waals surface area contributed by atoms with Crippen LogP contribution in [0.5, 0.6) is 0 Å². The van der Waals surface area contributed by atoms with Gasteiger partial charge in [-0.25, -0.2) is 4.79 Å². The van der Waals surface area contributed by atoms with E-state index in [4.69, 9.17) is 23.7 Å². The van der Waals surface area contributed by atoms with Gasteiger partial charge in [0.25, 0.3) is 0 Å². The largest absolute Gasteiger partial charge is 0.456 e. The van der Waals surface area contributed by atoms with Crippen molar-refractivity contribution < 1.29 is 53.4 Å². The highest BCUT2D eigenvalue weighted by Gasteiger charge is 2.51. The summed E-state index contributed by atoms with van der Waals surface area (Å²) in [4.78, 5) is 43.6. The lowest BCUT2D eigenvalue weighted by Crippen LogP contribution is -2.59. The molecule has 0 radical (unpaired) electrons. The summed E-state index contributed by atoms with van der Waals surface area (Å²) in [6.07, 6.45) is 5.39. The van der Waals surface area contributed by atoms with Crippen LogP contribution in [0, 0.1) is 29.6 Å². The van der Waals surface area contributed by atoms with E-state index in [0.29, 0.717) is 57.9 Å². The minimum atomic E-state index is -1.82. The number of carbonyl (C=O) groups is 3. The number of hydrogen-bond donors (Lipinski definition) is 3. The number of aliphatic hydroxyl groups excluding tert-OH is 2. The lowest BCUT2D eigenvalue weighted by molar-refractivity contribution is -0.321. The lowest BCUT2D eigenvalue weighted by Gasteiger charge is -2.47. The summed E-state index contributed by atoms with van der Waals surface area (Å²) in [6, 6.07) is -0.884. The van der Waals surface area contributed by atoms with E-state index in [1.165, 1.54) is 4.90 Å². The minimum absolute atomic E-state index is 0.0506. The van der Waals surface area contributed by atoms with Crippen LogP contribution in [0.15, 0.2) is 23.3 Å². The van der Waals surface area contributed by atoms with Crippen molar-refractivity contribution in [3.8, 4) is 0 Å². The van der Waals surface area contributed by atoms with E-state index in [0.717, 1.165) is 24.0 Å². The molecular weight excluding hydrogens is 706 g/mol. The van der Waals surface area contributed by atoms with Gasteiger partial charge in [-0.15, -0.1) is 0 Å². The number of amides is 1. The summed E-state index contributed by atoms with van der Waals surface area (Å²) in [6.45, 7) is 12.0. The fourth-order valence-electron chi connectivity index (χ4n) is 9.52. The molecule has 12 heteroatoms. The highest BCUT2D eigenvalue weighted by atomic mass is 16.7. The number of nitrogens with zero attached hydrogens (tertiary/aromatic N) is 1. The number of carbonyl (C=O) groups excluding carboxylic acids is 3. The Kier molecular flexibility index (Phi) is 16.9. The molecule has 0 spiro atoms. The molecule has 1 aliphatic carbocycles. The van der Waals surface area contributed by atoms with Crippen LogP contribution in [0.25, 0.3) is 0 Å². The quantitative estimate of drug-likeness (QED) is 0.228. The number of aliphatic hydroxyl groups is 3. The monoisotopic (exact) mass is 778 g/mol. The number of rotatable bonds is 7. The number of hydrogen-bond acceptors (Lipinski definition) is 11. The first kappa shape index (κ1) is 45.5. The Bertz CT molecular complexity index is 1350. The van der Waals surface area contributed by atoms with Crippen molar-refractivity contribution in [2.24, 2.45) is 29.6 Å². The van der Waals surface area contributed by atoms with E-state index < -0.39 is 66.1 Å². The molecule has 14 atom stereocenters. The van der Waals surface area contributed by atoms with Crippen molar-refractivity contribution >= 4 is 17.7 Å². The van der Waals surface area contributed by atoms with Crippen molar-refractivity contribution in [3.05, 3.63) is 23.3 Å². The molecule has 314 valence electrons. The highest BCUT2D eigenvalue weighted by molar-refractivity contribution is 5.86. The summed E-state index contributed by atoms with van der Waals surface area (Å²) in [5, 5.41) is 34.1. The molecule has 1 amide bonds. The molecule has 1 unspecified atom stereocenters. The van der Waals surface area contributed by atoms with Crippen LogP contribution in [0.1, 0.15) is 119 Å². The van der Waals surface area contributed by atoms with Crippen LogP contribution in [0.4, 0.5) is 0 Å². The third kappa shape index (κ3) is 11.5. The maximum absolute atomic E-state index is 14.2. The first-order valence-electron chi connectivity index (χ1n) is 20.8. The fraction of sp³-hybridized carbons (Fsp3) is 0.837. The molecule has 3 heterocycles. The minimum Gasteiger partial charge on any atom is -0.456 e. The van der Waals surface area contributed by atoms with Crippen molar-refractivity contribution in [2.45, 2.75) is 173 Å². The maximum atomic E-state index is 14.2. The molecule has 12 nitrogen and oxygen atoms in total. The lowest BCUT2D eigenvalue weighted by atomic mass is 9.81. The first-order valence-corrected chi connectivity index (χ1v) is 20.8. The maximum Gasteiger partial charge on any atom is 0.329 e. The zero-order valence-corrected chi connectivity index (χ0v) is 34.9. The number of methoxy groups -OCH3 is 3. The van der Waals surface area contributed by atoms with E-state index in [1.807, 2.05) is 39.8 Å². The number of cyclic esters (lactones) is 1. The van der Waals surface area contributed by atoms with Crippen LogP contribution in [-0.4, -0.2) is 120 Å². The third-order valence-electron chi connectivity index (χ3n) is 12.9. The molecule has 0 aromatic heterocycles. The zero-order valence-electron chi connectivity index (χ0n) is 34.9. The van der Waals surface area contributed by atoms with E-state index in [2.05, 4.69) is 6.92 Å². The van der Waals surface area contributed by atoms with E-state index in [-0.39, 0.29) is 48.6 Å². The van der Waals surface area contributed by atoms with Crippen molar-refractivity contribution in [1.82, 2.24) is 4.90 Å². The smallest absolute Gasteiger partial charge is 0.329 e. The Balaban J connectivity index is 1.72. The second kappa shape index (κ2) is 20.5. The molecule has 4 aliphatic rings. The second-order valence-electron chi connectivity index (χ2n) is 17.3. The molecule has 1 saturated carbocycles. The van der Waals surface area contributed by atoms with Gasteiger partial charge in [0, 0.05) is 52.0 Å². The Morgan fingerprint density at radius 2 is 1.62 bits per heavy atom. The van der Waals surface area contributed by atoms with Crippen molar-refractivity contribution in [1.29, 1.82) is 0 Å². The topological polar surface area (TPSA) is 161 Å². The second-order valence-corrected chi connectivity index (χ2v) is 17.3. The Morgan fingerprint density at radius 3 is 2.27 bits per heavy atom. The highest BCUT2D eigenvalue weighted by Crippen LogP contribution is 2.40. The van der Waals surface area contributed by atoms with Gasteiger partial charge in [-0.3, -0.25) is 9.59 Å². The predicted molar refractivity (Wildman–Crippen MR) is 208 cm³/mol. The van der Waals surface area contributed by atoms with Crippen LogP contribution in [0.2, 0.25) is 0 Å². The predicted octanol–water partition coefficient (Wildman–Crippen LogP) is 5.29. The standard InChI is InChI=1S/C43H71NO11/c1-10-12-31-18-25(2)17-26(3)19-37(52-8)41-38(53-9)21-28(5)43(50,55-41)24-39(48)44-16-11-13-32(44)42(49)54-40(29(6)34(46)23-35(31)47)27(4)20-30-14-15-33(45)36(22-30)51-7/h18,20,26,28-34,36-38,40-41,45-46,50H,10-17,19,21-24H2,1-9H3/b25-18+,27-20+/t26-,28+,29+,30-,31?,32-,33+,34-,36+,37-,38-,40+,41+,43-/m0/s1. The molecule has 55 heavy (non-hydrogen) atoms. The van der Waals surface area contributed by atoms with Gasteiger partial charge in [-0.2, -0.15) is 0 Å². The zero-order chi connectivity index (χ0) is 40.6. The van der Waals surface area contributed by atoms with E-state index >= 15 is 0 Å². The number of allylic oxidation sites excluding steroid dienone is 3. The molecule has 2 saturated heterocycles. The van der Waals surface area contributed by atoms with Crippen LogP contribution in [0.3, 0.4) is 0 Å². The van der Waals surface area contributed by atoms with Gasteiger partial charge < -0.3 is 43.9 Å². The molecule has 3 aliphatic heterocycles. The molecule has 0 aromatic carbocycles. The summed E-state index contributed by atoms with van der Waals surface area (Å²) in [7, 11) is 4.81. The number of fused-ring (bicyclic) bond motifs is 3. The van der Waals surface area contributed by atoms with Gasteiger partial charge in [0.05, 0.1) is 36.9 Å². The molecule has 4 rings (SSSR count). The Hall–Kier alpha value is -2.19. The van der Waals surface area contributed by atoms with Gasteiger partial charge in [-0.05, 0) is 89.0 Å². The van der Waals surface area contributed by atoms with Crippen LogP contribution in [-0.2, 0) is 38.1 Å². The number of esters is 1. The normalized spacial score (nSPS) is 41.9. The van der Waals surface area contributed by atoms with Gasteiger partial charge in [0.15, 0.2) is 5.79 Å². The summed E-state index contributed by atoms with van der Waals surface area (Å²) in [5.74, 6) is -4.17. The number of ether oxygens (including phenoxy) is 5. The number of Topliss-reactive ketones (excluding diaryl/α,β-unsaturated/α-hetero) is 1. The van der Waals surface area contributed by atoms with Gasteiger partial charge in [0.1, 0.15) is 24.0 Å². The SMILES string of the molecule is CCCC1/C=C(\C)C[C@H](C)C[C@H](OC)[C@H]2O[C@@](O)(CC(=O)N3CCC[C@H]3C(=O)O[C@H](/C(C)=C/[C@@H]3CC[C@@H](O)[C@H](OC)C3)[C@H](C)[C@@H](O)CC1=O)[C@H](C)C[C@@H]2OC. The van der Waals surface area contributed by atoms with Crippen molar-refractivity contribution in [2.75, 3.05) is 27.9 Å². The first-order chi connectivity index (χ1) is 26.0. The molecular formula is C43H71NO11. The average Bonchev–Trinajstić information content (AvgIpc) is 3.64. The van der Waals surface area contributed by atoms with E-state index in [9.17, 15) is 29.7 Å². The van der Waals surface area contributed by atoms with E-state index in [1.54, 1.807) is 28.3 Å².